The van der Waals surface area contributed by atoms with Gasteiger partial charge in [-0.2, -0.15) is 0 Å². The van der Waals surface area contributed by atoms with Gasteiger partial charge in [0.2, 0.25) is 0 Å². The molecule has 0 bridgehead atoms. The van der Waals surface area contributed by atoms with E-state index in [1.165, 1.54) is 11.3 Å². The van der Waals surface area contributed by atoms with Crippen molar-refractivity contribution in [2.24, 2.45) is 0 Å². The zero-order valence-electron chi connectivity index (χ0n) is 17.0. The highest BCUT2D eigenvalue weighted by atomic mass is 35.5. The zero-order valence-corrected chi connectivity index (χ0v) is 18.5. The van der Waals surface area contributed by atoms with E-state index in [4.69, 9.17) is 11.6 Å². The molecule has 31 heavy (non-hydrogen) atoms. The Bertz CT molecular complexity index is 1080. The van der Waals surface area contributed by atoms with Crippen molar-refractivity contribution in [3.63, 3.8) is 0 Å². The monoisotopic (exact) mass is 455 g/mol. The molecular formula is C22H22ClN5O2S. The second-order valence-corrected chi connectivity index (χ2v) is 8.54. The van der Waals surface area contributed by atoms with Crippen LogP contribution in [0, 0.1) is 6.92 Å². The molecule has 1 aliphatic rings. The minimum absolute atomic E-state index is 0.126. The van der Waals surface area contributed by atoms with Crippen LogP contribution < -0.4 is 15.5 Å². The highest BCUT2D eigenvalue weighted by Gasteiger charge is 2.24. The van der Waals surface area contributed by atoms with Gasteiger partial charge in [0.25, 0.3) is 5.91 Å². The number of urea groups is 1. The number of thiazole rings is 1. The van der Waals surface area contributed by atoms with Crippen molar-refractivity contribution in [1.29, 1.82) is 0 Å². The Morgan fingerprint density at radius 3 is 2.48 bits per heavy atom. The third kappa shape index (κ3) is 5.34. The Morgan fingerprint density at radius 1 is 1.03 bits per heavy atom. The first-order valence-corrected chi connectivity index (χ1v) is 11.1. The number of hydrogen-bond donors (Lipinski definition) is 2. The van der Waals surface area contributed by atoms with Crippen molar-refractivity contribution in [3.05, 3.63) is 70.2 Å². The molecule has 0 unspecified atom stereocenters. The second kappa shape index (κ2) is 9.36. The molecule has 0 aliphatic carbocycles. The topological polar surface area (TPSA) is 77.6 Å². The van der Waals surface area contributed by atoms with Crippen LogP contribution in [0.3, 0.4) is 0 Å². The molecule has 0 atom stereocenters. The lowest BCUT2D eigenvalue weighted by Gasteiger charge is -2.35. The molecule has 0 spiro atoms. The van der Waals surface area contributed by atoms with Crippen LogP contribution in [0.15, 0.2) is 53.9 Å². The summed E-state index contributed by atoms with van der Waals surface area (Å²) in [5, 5.41) is 8.22. The third-order valence-corrected chi connectivity index (χ3v) is 5.99. The van der Waals surface area contributed by atoms with Gasteiger partial charge in [0.15, 0.2) is 5.13 Å². The summed E-state index contributed by atoms with van der Waals surface area (Å²) in [7, 11) is 0. The van der Waals surface area contributed by atoms with Crippen molar-refractivity contribution in [1.82, 2.24) is 9.88 Å². The fourth-order valence-corrected chi connectivity index (χ4v) is 4.20. The van der Waals surface area contributed by atoms with Gasteiger partial charge in [0, 0.05) is 48.0 Å². The lowest BCUT2D eigenvalue weighted by molar-refractivity contribution is 0.0741. The van der Waals surface area contributed by atoms with E-state index >= 15 is 0 Å². The number of hydrogen-bond acceptors (Lipinski definition) is 5. The van der Waals surface area contributed by atoms with Gasteiger partial charge in [-0.3, -0.25) is 10.1 Å². The number of carbonyl (C=O) groups excluding carboxylic acids is 2. The van der Waals surface area contributed by atoms with Gasteiger partial charge in [-0.05, 0) is 48.9 Å². The predicted octanol–water partition coefficient (Wildman–Crippen LogP) is 4.71. The van der Waals surface area contributed by atoms with Crippen LogP contribution in [0.5, 0.6) is 0 Å². The molecule has 7 nitrogen and oxygen atoms in total. The number of anilines is 3. The van der Waals surface area contributed by atoms with Crippen molar-refractivity contribution >= 4 is 51.4 Å². The van der Waals surface area contributed by atoms with Crippen molar-refractivity contribution in [2.45, 2.75) is 6.92 Å². The van der Waals surface area contributed by atoms with Gasteiger partial charge < -0.3 is 15.1 Å². The number of halogens is 1. The first-order valence-electron chi connectivity index (χ1n) is 9.88. The molecule has 2 N–H and O–H groups in total. The number of nitrogens with zero attached hydrogens (tertiary/aromatic N) is 3. The highest BCUT2D eigenvalue weighted by Crippen LogP contribution is 2.21. The summed E-state index contributed by atoms with van der Waals surface area (Å²) in [5.41, 5.74) is 3.19. The Balaban J connectivity index is 1.31. The van der Waals surface area contributed by atoms with E-state index in [9.17, 15) is 9.59 Å². The van der Waals surface area contributed by atoms with Crippen LogP contribution >= 0.6 is 22.9 Å². The molecule has 3 aromatic rings. The molecule has 0 radical (unpaired) electrons. The van der Waals surface area contributed by atoms with Crippen LogP contribution in [0.4, 0.5) is 21.3 Å². The maximum Gasteiger partial charge on any atom is 0.325 e. The molecule has 1 aromatic heterocycles. The molecular weight excluding hydrogens is 434 g/mol. The average molecular weight is 456 g/mol. The number of piperazine rings is 1. The molecule has 2 heterocycles. The van der Waals surface area contributed by atoms with Gasteiger partial charge in [-0.25, -0.2) is 9.78 Å². The molecule has 1 fully saturated rings. The van der Waals surface area contributed by atoms with Crippen molar-refractivity contribution in [2.75, 3.05) is 41.7 Å². The molecule has 0 saturated carbocycles. The van der Waals surface area contributed by atoms with E-state index in [0.29, 0.717) is 34.6 Å². The number of aryl methyl sites for hydroxylation is 1. The molecule has 3 amide bonds. The van der Waals surface area contributed by atoms with Gasteiger partial charge in [0.05, 0.1) is 0 Å². The number of carbonyl (C=O) groups is 2. The summed E-state index contributed by atoms with van der Waals surface area (Å²) in [5.74, 6) is -0.126. The fourth-order valence-electron chi connectivity index (χ4n) is 3.39. The second-order valence-electron chi connectivity index (χ2n) is 7.24. The minimum Gasteiger partial charge on any atom is -0.368 e. The van der Waals surface area contributed by atoms with Gasteiger partial charge in [0.1, 0.15) is 5.69 Å². The molecule has 160 valence electrons. The maximum atomic E-state index is 12.8. The summed E-state index contributed by atoms with van der Waals surface area (Å²) in [6, 6.07) is 14.8. The first-order chi connectivity index (χ1) is 15.0. The minimum atomic E-state index is -0.393. The SMILES string of the molecule is Cc1cccc(NC(=O)Nc2nc(C(=O)N3CCN(c4ccc(Cl)cc4)CC3)cs2)c1. The van der Waals surface area contributed by atoms with E-state index in [1.807, 2.05) is 55.5 Å². The predicted molar refractivity (Wildman–Crippen MR) is 126 cm³/mol. The van der Waals surface area contributed by atoms with E-state index in [1.54, 1.807) is 10.3 Å². The van der Waals surface area contributed by atoms with Crippen LogP contribution in [-0.2, 0) is 0 Å². The summed E-state index contributed by atoms with van der Waals surface area (Å²) >= 11 is 7.18. The van der Waals surface area contributed by atoms with E-state index in [-0.39, 0.29) is 5.91 Å². The van der Waals surface area contributed by atoms with Crippen LogP contribution in [0.2, 0.25) is 5.02 Å². The van der Waals surface area contributed by atoms with Gasteiger partial charge in [-0.1, -0.05) is 23.7 Å². The molecule has 1 saturated heterocycles. The number of aromatic nitrogens is 1. The number of amides is 3. The van der Waals surface area contributed by atoms with E-state index in [0.717, 1.165) is 24.3 Å². The summed E-state index contributed by atoms with van der Waals surface area (Å²) in [4.78, 5) is 33.3. The summed E-state index contributed by atoms with van der Waals surface area (Å²) in [6.07, 6.45) is 0. The lowest BCUT2D eigenvalue weighted by Crippen LogP contribution is -2.48. The standard InChI is InChI=1S/C22H22ClN5O2S/c1-15-3-2-4-17(13-15)24-21(30)26-22-25-19(14-31-22)20(29)28-11-9-27(10-12-28)18-7-5-16(23)6-8-18/h2-8,13-14H,9-12H2,1H3,(H2,24,25,26,30). The van der Waals surface area contributed by atoms with Crippen LogP contribution in [-0.4, -0.2) is 48.0 Å². The summed E-state index contributed by atoms with van der Waals surface area (Å²) < 4.78 is 0. The highest BCUT2D eigenvalue weighted by molar-refractivity contribution is 7.14. The Kier molecular flexibility index (Phi) is 6.39. The van der Waals surface area contributed by atoms with Gasteiger partial charge in [-0.15, -0.1) is 11.3 Å². The Morgan fingerprint density at radius 2 is 1.77 bits per heavy atom. The number of benzene rings is 2. The molecule has 4 rings (SSSR count). The third-order valence-electron chi connectivity index (χ3n) is 4.98. The molecule has 1 aliphatic heterocycles. The zero-order chi connectivity index (χ0) is 21.8. The average Bonchev–Trinajstić information content (AvgIpc) is 3.22. The van der Waals surface area contributed by atoms with E-state index < -0.39 is 6.03 Å². The van der Waals surface area contributed by atoms with Gasteiger partial charge >= 0.3 is 6.03 Å². The Hall–Kier alpha value is -3.10. The normalized spacial score (nSPS) is 13.7. The quantitative estimate of drug-likeness (QED) is 0.597. The van der Waals surface area contributed by atoms with Crippen molar-refractivity contribution in [3.8, 4) is 0 Å². The van der Waals surface area contributed by atoms with Crippen LogP contribution in [0.1, 0.15) is 16.1 Å². The lowest BCUT2D eigenvalue weighted by atomic mass is 10.2. The maximum absolute atomic E-state index is 12.8. The van der Waals surface area contributed by atoms with Crippen molar-refractivity contribution < 1.29 is 9.59 Å². The number of nitrogens with one attached hydrogen (secondary N) is 2. The number of rotatable bonds is 4. The Labute approximate surface area is 189 Å². The summed E-state index contributed by atoms with van der Waals surface area (Å²) in [6.45, 7) is 4.64. The van der Waals surface area contributed by atoms with E-state index in [2.05, 4.69) is 20.5 Å². The smallest absolute Gasteiger partial charge is 0.325 e. The first kappa shape index (κ1) is 21.1. The van der Waals surface area contributed by atoms with Crippen LogP contribution in [0.25, 0.3) is 0 Å². The fraction of sp³-hybridized carbons (Fsp3) is 0.227. The molecule has 9 heteroatoms. The largest absolute Gasteiger partial charge is 0.368 e. The molecule has 2 aromatic carbocycles.